The molecule has 1 aromatic carbocycles. The molecule has 0 radical (unpaired) electrons. The fraction of sp³-hybridized carbons (Fsp3) is 0.462. The average molecular weight is 233 g/mol. The Morgan fingerprint density at radius 1 is 1.35 bits per heavy atom. The third-order valence-electron chi connectivity index (χ3n) is 3.46. The fourth-order valence-electron chi connectivity index (χ4n) is 2.41. The van der Waals surface area contributed by atoms with Crippen LogP contribution in [0.4, 0.5) is 4.79 Å². The number of nitrogens with two attached hydrogens (primary N) is 2. The van der Waals surface area contributed by atoms with Crippen LogP contribution in [0.2, 0.25) is 0 Å². The number of urea groups is 1. The first-order chi connectivity index (χ1) is 8.20. The zero-order valence-corrected chi connectivity index (χ0v) is 9.93. The van der Waals surface area contributed by atoms with Crippen LogP contribution < -0.4 is 11.5 Å². The van der Waals surface area contributed by atoms with Crippen molar-refractivity contribution in [1.29, 1.82) is 0 Å². The number of nitrogens with zero attached hydrogens (tertiary/aromatic N) is 1. The van der Waals surface area contributed by atoms with Gasteiger partial charge in [-0.25, -0.2) is 4.79 Å². The van der Waals surface area contributed by atoms with E-state index in [4.69, 9.17) is 11.5 Å². The second-order valence-corrected chi connectivity index (χ2v) is 4.55. The SMILES string of the molecule is NCc1cccc(C2CCN(C(N)=O)CC2)c1. The third kappa shape index (κ3) is 2.77. The summed E-state index contributed by atoms with van der Waals surface area (Å²) in [6.45, 7) is 2.09. The smallest absolute Gasteiger partial charge is 0.314 e. The Labute approximate surface area is 102 Å². The van der Waals surface area contributed by atoms with E-state index in [9.17, 15) is 4.79 Å². The molecule has 1 saturated heterocycles. The first kappa shape index (κ1) is 11.9. The minimum absolute atomic E-state index is 0.306. The molecule has 0 spiro atoms. The van der Waals surface area contributed by atoms with Crippen molar-refractivity contribution in [2.75, 3.05) is 13.1 Å². The van der Waals surface area contributed by atoms with Gasteiger partial charge in [-0.1, -0.05) is 24.3 Å². The molecule has 0 bridgehead atoms. The molecule has 0 atom stereocenters. The molecule has 2 amide bonds. The third-order valence-corrected chi connectivity index (χ3v) is 3.46. The standard InChI is InChI=1S/C13H19N3O/c14-9-10-2-1-3-12(8-10)11-4-6-16(7-5-11)13(15)17/h1-3,8,11H,4-7,9,14H2,(H2,15,17). The molecule has 4 heteroatoms. The normalized spacial score (nSPS) is 17.1. The van der Waals surface area contributed by atoms with Gasteiger partial charge in [0.2, 0.25) is 0 Å². The lowest BCUT2D eigenvalue weighted by atomic mass is 9.89. The Hall–Kier alpha value is -1.55. The number of likely N-dealkylation sites (tertiary alicyclic amines) is 1. The molecule has 1 fully saturated rings. The van der Waals surface area contributed by atoms with E-state index >= 15 is 0 Å². The van der Waals surface area contributed by atoms with Crippen molar-refractivity contribution in [1.82, 2.24) is 4.90 Å². The van der Waals surface area contributed by atoms with E-state index in [1.165, 1.54) is 11.1 Å². The van der Waals surface area contributed by atoms with Crippen LogP contribution in [0, 0.1) is 0 Å². The predicted octanol–water partition coefficient (Wildman–Crippen LogP) is 1.40. The largest absolute Gasteiger partial charge is 0.351 e. The summed E-state index contributed by atoms with van der Waals surface area (Å²) in [7, 11) is 0. The van der Waals surface area contributed by atoms with Gasteiger partial charge in [-0.3, -0.25) is 0 Å². The quantitative estimate of drug-likeness (QED) is 0.810. The molecule has 4 nitrogen and oxygen atoms in total. The Morgan fingerprint density at radius 3 is 2.65 bits per heavy atom. The molecule has 17 heavy (non-hydrogen) atoms. The number of hydrogen-bond acceptors (Lipinski definition) is 2. The number of amides is 2. The zero-order valence-electron chi connectivity index (χ0n) is 9.93. The Morgan fingerprint density at radius 2 is 2.06 bits per heavy atom. The lowest BCUT2D eigenvalue weighted by molar-refractivity contribution is 0.190. The second-order valence-electron chi connectivity index (χ2n) is 4.55. The molecule has 4 N–H and O–H groups in total. The number of primary amides is 1. The van der Waals surface area contributed by atoms with Crippen LogP contribution in [-0.2, 0) is 6.54 Å². The zero-order chi connectivity index (χ0) is 12.3. The summed E-state index contributed by atoms with van der Waals surface area (Å²) >= 11 is 0. The van der Waals surface area contributed by atoms with Crippen molar-refractivity contribution in [3.8, 4) is 0 Å². The van der Waals surface area contributed by atoms with Crippen LogP contribution in [0.5, 0.6) is 0 Å². The fourth-order valence-corrected chi connectivity index (χ4v) is 2.41. The molecular formula is C13H19N3O. The molecule has 1 heterocycles. The minimum Gasteiger partial charge on any atom is -0.351 e. The molecule has 92 valence electrons. The van der Waals surface area contributed by atoms with Crippen LogP contribution in [0.25, 0.3) is 0 Å². The van der Waals surface area contributed by atoms with Crippen molar-refractivity contribution in [3.63, 3.8) is 0 Å². The van der Waals surface area contributed by atoms with Gasteiger partial charge in [0.1, 0.15) is 0 Å². The van der Waals surface area contributed by atoms with Crippen molar-refractivity contribution >= 4 is 6.03 Å². The molecular weight excluding hydrogens is 214 g/mol. The van der Waals surface area contributed by atoms with E-state index in [1.54, 1.807) is 4.90 Å². The lowest BCUT2D eigenvalue weighted by Gasteiger charge is -2.31. The van der Waals surface area contributed by atoms with Gasteiger partial charge >= 0.3 is 6.03 Å². The van der Waals surface area contributed by atoms with Gasteiger partial charge in [-0.15, -0.1) is 0 Å². The van der Waals surface area contributed by atoms with Crippen LogP contribution >= 0.6 is 0 Å². The number of rotatable bonds is 2. The van der Waals surface area contributed by atoms with Crippen molar-refractivity contribution < 1.29 is 4.79 Å². The molecule has 0 unspecified atom stereocenters. The molecule has 0 aliphatic carbocycles. The van der Waals surface area contributed by atoms with Gasteiger partial charge in [-0.2, -0.15) is 0 Å². The van der Waals surface area contributed by atoms with Crippen LogP contribution in [-0.4, -0.2) is 24.0 Å². The van der Waals surface area contributed by atoms with Gasteiger partial charge in [0.25, 0.3) is 0 Å². The van der Waals surface area contributed by atoms with Crippen molar-refractivity contribution in [3.05, 3.63) is 35.4 Å². The van der Waals surface area contributed by atoms with Crippen molar-refractivity contribution in [2.24, 2.45) is 11.5 Å². The van der Waals surface area contributed by atoms with E-state index in [0.717, 1.165) is 25.9 Å². The number of piperidine rings is 1. The van der Waals surface area contributed by atoms with Gasteiger partial charge < -0.3 is 16.4 Å². The molecule has 0 saturated carbocycles. The Kier molecular flexibility index (Phi) is 3.64. The monoisotopic (exact) mass is 233 g/mol. The first-order valence-electron chi connectivity index (χ1n) is 6.04. The lowest BCUT2D eigenvalue weighted by Crippen LogP contribution is -2.41. The topological polar surface area (TPSA) is 72.3 Å². The summed E-state index contributed by atoms with van der Waals surface area (Å²) in [5.74, 6) is 0.525. The van der Waals surface area contributed by atoms with Gasteiger partial charge in [-0.05, 0) is 29.9 Å². The first-order valence-corrected chi connectivity index (χ1v) is 6.04. The van der Waals surface area contributed by atoms with Crippen LogP contribution in [0.1, 0.15) is 29.9 Å². The Bertz CT molecular complexity index is 397. The summed E-state index contributed by atoms with van der Waals surface area (Å²) in [6, 6.07) is 8.10. The van der Waals surface area contributed by atoms with E-state index < -0.39 is 0 Å². The summed E-state index contributed by atoms with van der Waals surface area (Å²) in [4.78, 5) is 12.7. The maximum Gasteiger partial charge on any atom is 0.314 e. The van der Waals surface area contributed by atoms with E-state index in [1.807, 2.05) is 6.07 Å². The number of hydrogen-bond donors (Lipinski definition) is 2. The van der Waals surface area contributed by atoms with E-state index in [0.29, 0.717) is 12.5 Å². The van der Waals surface area contributed by atoms with Crippen molar-refractivity contribution in [2.45, 2.75) is 25.3 Å². The predicted molar refractivity (Wildman–Crippen MR) is 67.5 cm³/mol. The van der Waals surface area contributed by atoms with Gasteiger partial charge in [0.05, 0.1) is 0 Å². The Balaban J connectivity index is 2.02. The highest BCUT2D eigenvalue weighted by molar-refractivity contribution is 5.72. The number of benzene rings is 1. The highest BCUT2D eigenvalue weighted by atomic mass is 16.2. The summed E-state index contributed by atoms with van der Waals surface area (Å²) in [5, 5.41) is 0. The average Bonchev–Trinajstić information content (AvgIpc) is 2.39. The molecule has 0 aromatic heterocycles. The minimum atomic E-state index is -0.306. The highest BCUT2D eigenvalue weighted by Crippen LogP contribution is 2.28. The van der Waals surface area contributed by atoms with E-state index in [2.05, 4.69) is 18.2 Å². The summed E-state index contributed by atoms with van der Waals surface area (Å²) in [6.07, 6.45) is 1.97. The van der Waals surface area contributed by atoms with Gasteiger partial charge in [0, 0.05) is 19.6 Å². The van der Waals surface area contributed by atoms with Crippen LogP contribution in [0.3, 0.4) is 0 Å². The maximum absolute atomic E-state index is 11.0. The summed E-state index contributed by atoms with van der Waals surface area (Å²) in [5.41, 5.74) is 13.4. The van der Waals surface area contributed by atoms with Crippen LogP contribution in [0.15, 0.2) is 24.3 Å². The highest BCUT2D eigenvalue weighted by Gasteiger charge is 2.22. The maximum atomic E-state index is 11.0. The van der Waals surface area contributed by atoms with Gasteiger partial charge in [0.15, 0.2) is 0 Å². The number of carbonyl (C=O) groups is 1. The molecule has 1 aliphatic rings. The molecule has 2 rings (SSSR count). The molecule has 1 aromatic rings. The second kappa shape index (κ2) is 5.19. The summed E-state index contributed by atoms with van der Waals surface area (Å²) < 4.78 is 0. The van der Waals surface area contributed by atoms with E-state index in [-0.39, 0.29) is 6.03 Å². The molecule has 1 aliphatic heterocycles. The number of carbonyl (C=O) groups excluding carboxylic acids is 1.